The highest BCUT2D eigenvalue weighted by Gasteiger charge is 2.11. The third-order valence-electron chi connectivity index (χ3n) is 3.22. The minimum absolute atomic E-state index is 0. The molecule has 2 rings (SSSR count). The number of rotatable bonds is 2. The van der Waals surface area contributed by atoms with Gasteiger partial charge in [-0.25, -0.2) is 0 Å². The summed E-state index contributed by atoms with van der Waals surface area (Å²) < 4.78 is 5.87. The second kappa shape index (κ2) is 15.0. The Morgan fingerprint density at radius 3 is 1.63 bits per heavy atom. The van der Waals surface area contributed by atoms with Crippen molar-refractivity contribution in [1.29, 1.82) is 0 Å². The number of anilines is 1. The molecule has 1 aliphatic carbocycles. The Morgan fingerprint density at radius 2 is 1.37 bits per heavy atom. The number of nitrogens with two attached hydrogens (primary N) is 1. The van der Waals surface area contributed by atoms with Crippen LogP contribution in [0.5, 0.6) is 5.75 Å². The first kappa shape index (κ1) is 30.8. The van der Waals surface area contributed by atoms with Crippen molar-refractivity contribution >= 4 is 18.3 Å². The maximum atomic E-state index is 5.67. The highest BCUT2D eigenvalue weighted by Crippen LogP contribution is 2.20. The predicted molar refractivity (Wildman–Crippen MR) is 128 cm³/mol. The van der Waals surface area contributed by atoms with Crippen LogP contribution in [0, 0.1) is 0 Å². The first-order valence-corrected chi connectivity index (χ1v) is 9.80. The van der Waals surface area contributed by atoms with E-state index in [1.807, 2.05) is 52.1 Å². The quantitative estimate of drug-likeness (QED) is 0.614. The molecule has 0 radical (unpaired) electrons. The lowest BCUT2D eigenvalue weighted by atomic mass is 9.97. The van der Waals surface area contributed by atoms with Gasteiger partial charge in [0.2, 0.25) is 0 Å². The molecule has 1 fully saturated rings. The zero-order valence-electron chi connectivity index (χ0n) is 18.4. The van der Waals surface area contributed by atoms with E-state index in [1.54, 1.807) is 0 Å². The number of hydrogen-bond acceptors (Lipinski definition) is 4. The van der Waals surface area contributed by atoms with Gasteiger partial charge in [-0.15, -0.1) is 0 Å². The molecule has 166 valence electrons. The minimum atomic E-state index is -0.124. The van der Waals surface area contributed by atoms with Crippen LogP contribution < -0.4 is 15.8 Å². The molecule has 1 saturated carbocycles. The Kier molecular flexibility index (Phi) is 17.1. The lowest BCUT2D eigenvalue weighted by Crippen LogP contribution is -2.22. The molecular weight excluding hydrogens is 360 g/mol. The van der Waals surface area contributed by atoms with Gasteiger partial charge >= 0.3 is 0 Å². The molecule has 0 saturated heterocycles. The monoisotopic (exact) mass is 408 g/mol. The SMILES string of the molecule is CC(C)(C)S.CNc1ccc(OC(C)(C)C)cc1.NC1CCCCC1.O.O.[HH].[HH]. The number of thiol groups is 1. The summed E-state index contributed by atoms with van der Waals surface area (Å²) in [6.07, 6.45) is 6.66. The van der Waals surface area contributed by atoms with E-state index in [0.717, 1.165) is 11.4 Å². The molecule has 0 atom stereocenters. The minimum Gasteiger partial charge on any atom is -0.488 e. The Morgan fingerprint density at radius 1 is 0.963 bits per heavy atom. The maximum absolute atomic E-state index is 5.67. The summed E-state index contributed by atoms with van der Waals surface area (Å²) in [5.74, 6) is 0.909. The fraction of sp³-hybridized carbons (Fsp3) is 0.714. The van der Waals surface area contributed by atoms with Crippen LogP contribution in [0.4, 0.5) is 5.69 Å². The molecule has 0 aliphatic heterocycles. The molecule has 0 bridgehead atoms. The molecule has 1 aromatic rings. The van der Waals surface area contributed by atoms with Crippen LogP contribution in [-0.2, 0) is 0 Å². The molecular formula is C21H48N2O3S. The Bertz CT molecular complexity index is 452. The largest absolute Gasteiger partial charge is 0.488 e. The normalized spacial score (nSPS) is 14.1. The van der Waals surface area contributed by atoms with Crippen molar-refractivity contribution in [3.05, 3.63) is 24.3 Å². The summed E-state index contributed by atoms with van der Waals surface area (Å²) in [5.41, 5.74) is 6.61. The van der Waals surface area contributed by atoms with E-state index in [0.29, 0.717) is 6.04 Å². The molecule has 6 heteroatoms. The topological polar surface area (TPSA) is 110 Å². The van der Waals surface area contributed by atoms with E-state index in [4.69, 9.17) is 10.5 Å². The summed E-state index contributed by atoms with van der Waals surface area (Å²) in [5, 5.41) is 3.06. The fourth-order valence-electron chi connectivity index (χ4n) is 2.18. The summed E-state index contributed by atoms with van der Waals surface area (Å²) in [7, 11) is 1.90. The molecule has 0 amide bonds. The first-order chi connectivity index (χ1) is 11.4. The molecule has 5 nitrogen and oxygen atoms in total. The highest BCUT2D eigenvalue weighted by atomic mass is 32.1. The number of ether oxygens (including phenoxy) is 1. The standard InChI is InChI=1S/C11H17NO.C6H13N.C4H10S.2H2O.2H2/c1-11(2,3)13-10-7-5-9(12-4)6-8-10;7-6-4-2-1-3-5-6;1-4(2,3)5;;;;/h5-8,12H,1-4H3;6H,1-5,7H2;5H,1-3H3;2*1H2;2*1H. The van der Waals surface area contributed by atoms with E-state index in [9.17, 15) is 0 Å². The maximum Gasteiger partial charge on any atom is 0.120 e. The predicted octanol–water partition coefficient (Wildman–Crippen LogP) is 4.74. The van der Waals surface area contributed by atoms with Crippen molar-refractivity contribution < 1.29 is 18.5 Å². The van der Waals surface area contributed by atoms with Gasteiger partial charge in [0.05, 0.1) is 0 Å². The Hall–Kier alpha value is -0.950. The van der Waals surface area contributed by atoms with E-state index >= 15 is 0 Å². The first-order valence-electron chi connectivity index (χ1n) is 9.35. The van der Waals surface area contributed by atoms with Crippen molar-refractivity contribution in [2.45, 2.75) is 90.0 Å². The smallest absolute Gasteiger partial charge is 0.120 e. The molecule has 1 aromatic carbocycles. The lowest BCUT2D eigenvalue weighted by molar-refractivity contribution is 0.131. The van der Waals surface area contributed by atoms with E-state index in [2.05, 4.69) is 38.7 Å². The van der Waals surface area contributed by atoms with Crippen molar-refractivity contribution in [3.8, 4) is 5.75 Å². The van der Waals surface area contributed by atoms with Crippen LogP contribution in [0.1, 0.15) is 76.5 Å². The van der Waals surface area contributed by atoms with E-state index < -0.39 is 0 Å². The van der Waals surface area contributed by atoms with Crippen molar-refractivity contribution in [3.63, 3.8) is 0 Å². The van der Waals surface area contributed by atoms with Crippen molar-refractivity contribution in [2.24, 2.45) is 5.73 Å². The summed E-state index contributed by atoms with van der Waals surface area (Å²) in [6.45, 7) is 12.3. The van der Waals surface area contributed by atoms with Gasteiger partial charge in [-0.1, -0.05) is 40.0 Å². The molecule has 7 N–H and O–H groups in total. The van der Waals surface area contributed by atoms with Crippen LogP contribution in [0.2, 0.25) is 0 Å². The average molecular weight is 409 g/mol. The van der Waals surface area contributed by atoms with Crippen LogP contribution >= 0.6 is 12.6 Å². The molecule has 1 aliphatic rings. The molecule has 0 unspecified atom stereocenters. The van der Waals surface area contributed by atoms with Gasteiger partial charge in [0.25, 0.3) is 0 Å². The third kappa shape index (κ3) is 23.0. The zero-order chi connectivity index (χ0) is 19.5. The second-order valence-corrected chi connectivity index (χ2v) is 9.90. The summed E-state index contributed by atoms with van der Waals surface area (Å²) >= 11 is 4.12. The lowest BCUT2D eigenvalue weighted by Gasteiger charge is -2.21. The van der Waals surface area contributed by atoms with Crippen molar-refractivity contribution in [1.82, 2.24) is 0 Å². The van der Waals surface area contributed by atoms with E-state index in [-0.39, 0.29) is 24.2 Å². The molecule has 0 heterocycles. The van der Waals surface area contributed by atoms with Gasteiger partial charge in [-0.3, -0.25) is 0 Å². The Labute approximate surface area is 175 Å². The van der Waals surface area contributed by atoms with Crippen LogP contribution in [-0.4, -0.2) is 34.4 Å². The van der Waals surface area contributed by atoms with Gasteiger partial charge < -0.3 is 26.7 Å². The van der Waals surface area contributed by atoms with Gasteiger partial charge in [-0.2, -0.15) is 12.6 Å². The van der Waals surface area contributed by atoms with Gasteiger partial charge in [0, 0.05) is 26.4 Å². The zero-order valence-corrected chi connectivity index (χ0v) is 19.2. The van der Waals surface area contributed by atoms with Gasteiger partial charge in [0.1, 0.15) is 11.4 Å². The Balaban J connectivity index is -0.000000104. The molecule has 0 aromatic heterocycles. The third-order valence-corrected chi connectivity index (χ3v) is 3.22. The molecule has 27 heavy (non-hydrogen) atoms. The highest BCUT2D eigenvalue weighted by molar-refractivity contribution is 7.81. The number of hydrogen-bond donors (Lipinski definition) is 3. The van der Waals surface area contributed by atoms with Gasteiger partial charge in [0.15, 0.2) is 0 Å². The number of nitrogens with one attached hydrogen (secondary N) is 1. The summed E-state index contributed by atoms with van der Waals surface area (Å²) in [6, 6.07) is 8.48. The van der Waals surface area contributed by atoms with Crippen LogP contribution in [0.3, 0.4) is 0 Å². The van der Waals surface area contributed by atoms with Gasteiger partial charge in [-0.05, 0) is 57.9 Å². The van der Waals surface area contributed by atoms with Crippen LogP contribution in [0.25, 0.3) is 0 Å². The van der Waals surface area contributed by atoms with E-state index in [1.165, 1.54) is 32.1 Å². The fourth-order valence-corrected chi connectivity index (χ4v) is 2.18. The number of benzene rings is 1. The molecule has 0 spiro atoms. The van der Waals surface area contributed by atoms with Crippen LogP contribution in [0.15, 0.2) is 24.3 Å². The second-order valence-electron chi connectivity index (χ2n) is 8.56. The summed E-state index contributed by atoms with van der Waals surface area (Å²) in [4.78, 5) is 0. The average Bonchev–Trinajstić information content (AvgIpc) is 2.46. The van der Waals surface area contributed by atoms with Crippen molar-refractivity contribution in [2.75, 3.05) is 12.4 Å².